The van der Waals surface area contributed by atoms with Gasteiger partial charge in [0.25, 0.3) is 0 Å². The Kier molecular flexibility index (Phi) is 5.07. The quantitative estimate of drug-likeness (QED) is 0.847. The van der Waals surface area contributed by atoms with Gasteiger partial charge in [0.2, 0.25) is 0 Å². The molecule has 2 heterocycles. The Morgan fingerprint density at radius 2 is 2.05 bits per heavy atom. The first kappa shape index (κ1) is 15.0. The molecular formula is C19H24N2O. The van der Waals surface area contributed by atoms with Crippen LogP contribution in [-0.4, -0.2) is 36.6 Å². The molecule has 0 spiro atoms. The third-order valence-corrected chi connectivity index (χ3v) is 4.31. The largest absolute Gasteiger partial charge is 0.493 e. The summed E-state index contributed by atoms with van der Waals surface area (Å²) in [6.45, 7) is 3.00. The second kappa shape index (κ2) is 7.41. The van der Waals surface area contributed by atoms with Crippen LogP contribution in [0.5, 0.6) is 5.75 Å². The van der Waals surface area contributed by atoms with Crippen LogP contribution in [0.1, 0.15) is 17.7 Å². The molecule has 22 heavy (non-hydrogen) atoms. The molecule has 0 radical (unpaired) electrons. The van der Waals surface area contributed by atoms with Gasteiger partial charge in [0, 0.05) is 31.4 Å². The number of benzene rings is 1. The first-order valence-electron chi connectivity index (χ1n) is 8.10. The lowest BCUT2D eigenvalue weighted by Crippen LogP contribution is -2.29. The molecule has 1 aromatic carbocycles. The van der Waals surface area contributed by atoms with Crippen LogP contribution in [0.15, 0.2) is 48.7 Å². The fraction of sp³-hybridized carbons (Fsp3) is 0.421. The molecule has 0 bridgehead atoms. The zero-order chi connectivity index (χ0) is 15.2. The number of fused-ring (bicyclic) bond motifs is 1. The summed E-state index contributed by atoms with van der Waals surface area (Å²) in [5.41, 5.74) is 2.52. The van der Waals surface area contributed by atoms with E-state index in [0.29, 0.717) is 5.92 Å². The maximum Gasteiger partial charge on any atom is 0.122 e. The molecule has 0 unspecified atom stereocenters. The third kappa shape index (κ3) is 4.08. The van der Waals surface area contributed by atoms with E-state index in [1.165, 1.54) is 11.3 Å². The summed E-state index contributed by atoms with van der Waals surface area (Å²) in [7, 11) is 2.21. The molecule has 0 N–H and O–H groups in total. The molecule has 1 aromatic heterocycles. The average Bonchev–Trinajstić information content (AvgIpc) is 2.75. The molecule has 0 fully saturated rings. The molecular weight excluding hydrogens is 272 g/mol. The number of hydrogen-bond donors (Lipinski definition) is 0. The lowest BCUT2D eigenvalue weighted by atomic mass is 9.96. The Labute approximate surface area is 132 Å². The van der Waals surface area contributed by atoms with Gasteiger partial charge >= 0.3 is 0 Å². The number of hydrogen-bond acceptors (Lipinski definition) is 3. The van der Waals surface area contributed by atoms with Crippen LogP contribution in [0.4, 0.5) is 0 Å². The van der Waals surface area contributed by atoms with Crippen molar-refractivity contribution < 1.29 is 4.74 Å². The van der Waals surface area contributed by atoms with E-state index >= 15 is 0 Å². The minimum absolute atomic E-state index is 0.664. The predicted molar refractivity (Wildman–Crippen MR) is 89.2 cm³/mol. The van der Waals surface area contributed by atoms with Crippen LogP contribution in [-0.2, 0) is 12.8 Å². The standard InChI is InChI=1S/C19H24N2O/c1-21(12-9-18-7-4-5-11-20-18)15-16-10-13-22-19-8-3-2-6-17(19)14-16/h2-8,11,16H,9-10,12-15H2,1H3/t16-/m0/s1. The maximum atomic E-state index is 5.86. The van der Waals surface area contributed by atoms with Gasteiger partial charge < -0.3 is 9.64 Å². The van der Waals surface area contributed by atoms with Crippen LogP contribution in [0, 0.1) is 5.92 Å². The highest BCUT2D eigenvalue weighted by molar-refractivity contribution is 5.34. The number of para-hydroxylation sites is 1. The Bertz CT molecular complexity index is 585. The van der Waals surface area contributed by atoms with E-state index in [4.69, 9.17) is 4.74 Å². The Morgan fingerprint density at radius 3 is 2.91 bits per heavy atom. The molecule has 1 aliphatic rings. The fourth-order valence-corrected chi connectivity index (χ4v) is 3.10. The minimum atomic E-state index is 0.664. The van der Waals surface area contributed by atoms with E-state index in [1.54, 1.807) is 0 Å². The van der Waals surface area contributed by atoms with Crippen LogP contribution in [0.2, 0.25) is 0 Å². The van der Waals surface area contributed by atoms with Crippen LogP contribution in [0.25, 0.3) is 0 Å². The van der Waals surface area contributed by atoms with Crippen molar-refractivity contribution in [3.8, 4) is 5.75 Å². The lowest BCUT2D eigenvalue weighted by Gasteiger charge is -2.22. The Hall–Kier alpha value is -1.87. The molecule has 3 heteroatoms. The van der Waals surface area contributed by atoms with E-state index in [-0.39, 0.29) is 0 Å². The fourth-order valence-electron chi connectivity index (χ4n) is 3.10. The molecule has 0 saturated carbocycles. The normalized spacial score (nSPS) is 17.6. The summed E-state index contributed by atoms with van der Waals surface area (Å²) < 4.78 is 5.86. The van der Waals surface area contributed by atoms with Gasteiger partial charge in [0.15, 0.2) is 0 Å². The topological polar surface area (TPSA) is 25.4 Å². The monoisotopic (exact) mass is 296 g/mol. The van der Waals surface area contributed by atoms with Crippen LogP contribution in [0.3, 0.4) is 0 Å². The summed E-state index contributed by atoms with van der Waals surface area (Å²) in [4.78, 5) is 6.82. The van der Waals surface area contributed by atoms with E-state index in [2.05, 4.69) is 53.3 Å². The van der Waals surface area contributed by atoms with Gasteiger partial charge in [0.1, 0.15) is 5.75 Å². The zero-order valence-corrected chi connectivity index (χ0v) is 13.2. The van der Waals surface area contributed by atoms with Crippen molar-refractivity contribution in [2.45, 2.75) is 19.3 Å². The molecule has 1 aliphatic heterocycles. The molecule has 1 atom stereocenters. The van der Waals surface area contributed by atoms with Gasteiger partial charge in [-0.1, -0.05) is 24.3 Å². The van der Waals surface area contributed by atoms with Crippen LogP contribution < -0.4 is 4.74 Å². The Morgan fingerprint density at radius 1 is 1.18 bits per heavy atom. The number of aromatic nitrogens is 1. The van der Waals surface area contributed by atoms with Crippen molar-refractivity contribution in [1.29, 1.82) is 0 Å². The molecule has 3 rings (SSSR count). The molecule has 2 aromatic rings. The molecule has 116 valence electrons. The van der Waals surface area contributed by atoms with Gasteiger partial charge in [-0.3, -0.25) is 4.98 Å². The summed E-state index contributed by atoms with van der Waals surface area (Å²) >= 11 is 0. The number of nitrogens with zero attached hydrogens (tertiary/aromatic N) is 2. The van der Waals surface area contributed by atoms with Crippen molar-refractivity contribution in [3.63, 3.8) is 0 Å². The SMILES string of the molecule is CN(CCc1ccccn1)C[C@H]1CCOc2ccccc2C1. The van der Waals surface area contributed by atoms with E-state index in [0.717, 1.165) is 44.7 Å². The number of likely N-dealkylation sites (N-methyl/N-ethyl adjacent to an activating group) is 1. The van der Waals surface area contributed by atoms with Gasteiger partial charge in [-0.2, -0.15) is 0 Å². The second-order valence-corrected chi connectivity index (χ2v) is 6.15. The van der Waals surface area contributed by atoms with Gasteiger partial charge in [-0.15, -0.1) is 0 Å². The van der Waals surface area contributed by atoms with Gasteiger partial charge in [-0.05, 0) is 49.6 Å². The highest BCUT2D eigenvalue weighted by Crippen LogP contribution is 2.26. The molecule has 3 nitrogen and oxygen atoms in total. The highest BCUT2D eigenvalue weighted by atomic mass is 16.5. The molecule has 0 aliphatic carbocycles. The van der Waals surface area contributed by atoms with Gasteiger partial charge in [0.05, 0.1) is 6.61 Å². The van der Waals surface area contributed by atoms with E-state index < -0.39 is 0 Å². The van der Waals surface area contributed by atoms with E-state index in [1.807, 2.05) is 12.3 Å². The first-order valence-corrected chi connectivity index (χ1v) is 8.10. The zero-order valence-electron chi connectivity index (χ0n) is 13.2. The predicted octanol–water partition coefficient (Wildman–Crippen LogP) is 3.20. The third-order valence-electron chi connectivity index (χ3n) is 4.31. The summed E-state index contributed by atoms with van der Waals surface area (Å²) in [6.07, 6.45) is 5.12. The van der Waals surface area contributed by atoms with Crippen molar-refractivity contribution in [2.75, 3.05) is 26.7 Å². The molecule has 0 saturated heterocycles. The van der Waals surface area contributed by atoms with Crippen LogP contribution >= 0.6 is 0 Å². The first-order chi connectivity index (χ1) is 10.8. The second-order valence-electron chi connectivity index (χ2n) is 6.15. The summed E-state index contributed by atoms with van der Waals surface area (Å²) in [5, 5.41) is 0. The van der Waals surface area contributed by atoms with Crippen molar-refractivity contribution in [3.05, 3.63) is 59.9 Å². The summed E-state index contributed by atoms with van der Waals surface area (Å²) in [5.74, 6) is 1.73. The van der Waals surface area contributed by atoms with E-state index in [9.17, 15) is 0 Å². The van der Waals surface area contributed by atoms with Crippen molar-refractivity contribution in [2.24, 2.45) is 5.92 Å². The average molecular weight is 296 g/mol. The smallest absolute Gasteiger partial charge is 0.122 e. The van der Waals surface area contributed by atoms with Gasteiger partial charge in [-0.25, -0.2) is 0 Å². The van der Waals surface area contributed by atoms with Crippen molar-refractivity contribution >= 4 is 0 Å². The number of ether oxygens (including phenoxy) is 1. The summed E-state index contributed by atoms with van der Waals surface area (Å²) in [6, 6.07) is 14.6. The lowest BCUT2D eigenvalue weighted by molar-refractivity contribution is 0.240. The highest BCUT2D eigenvalue weighted by Gasteiger charge is 2.18. The van der Waals surface area contributed by atoms with Crippen molar-refractivity contribution in [1.82, 2.24) is 9.88 Å². The molecule has 0 amide bonds. The Balaban J connectivity index is 1.52. The number of rotatable bonds is 5. The maximum absolute atomic E-state index is 5.86. The minimum Gasteiger partial charge on any atom is -0.493 e. The number of pyridine rings is 1.